The molecule has 2 fully saturated rings. The van der Waals surface area contributed by atoms with Gasteiger partial charge in [0.05, 0.1) is 25.0 Å². The molecule has 0 spiro atoms. The Morgan fingerprint density at radius 1 is 1.36 bits per heavy atom. The highest BCUT2D eigenvalue weighted by Crippen LogP contribution is 2.31. The zero-order chi connectivity index (χ0) is 10.3. The summed E-state index contributed by atoms with van der Waals surface area (Å²) in [6.45, 7) is 3.88. The first-order valence-electron chi connectivity index (χ1n) is 4.54. The van der Waals surface area contributed by atoms with Crippen molar-refractivity contribution in [3.8, 4) is 0 Å². The standard InChI is InChI=1S/C9H12O5/c1-9(2)12-4-6(14-9)5-3-7(10)13-8(5)11/h5-6H,3-4H2,1-2H3. The maximum atomic E-state index is 11.2. The first kappa shape index (κ1) is 9.61. The van der Waals surface area contributed by atoms with Crippen LogP contribution in [0, 0.1) is 5.92 Å². The Balaban J connectivity index is 2.04. The summed E-state index contributed by atoms with van der Waals surface area (Å²) in [5.74, 6) is -2.14. The van der Waals surface area contributed by atoms with Crippen molar-refractivity contribution in [2.45, 2.75) is 32.2 Å². The summed E-state index contributed by atoms with van der Waals surface area (Å²) in [5, 5.41) is 0. The molecule has 0 N–H and O–H groups in total. The minimum Gasteiger partial charge on any atom is -0.393 e. The van der Waals surface area contributed by atoms with Gasteiger partial charge in [-0.15, -0.1) is 0 Å². The largest absolute Gasteiger partial charge is 0.393 e. The molecule has 0 aromatic carbocycles. The van der Waals surface area contributed by atoms with Gasteiger partial charge in [0, 0.05) is 0 Å². The molecule has 14 heavy (non-hydrogen) atoms. The topological polar surface area (TPSA) is 61.8 Å². The number of cyclic esters (lactones) is 2. The van der Waals surface area contributed by atoms with E-state index in [2.05, 4.69) is 4.74 Å². The summed E-state index contributed by atoms with van der Waals surface area (Å²) < 4.78 is 15.2. The normalized spacial score (nSPS) is 36.1. The molecular weight excluding hydrogens is 188 g/mol. The molecule has 2 aliphatic rings. The quantitative estimate of drug-likeness (QED) is 0.448. The summed E-state index contributed by atoms with van der Waals surface area (Å²) >= 11 is 0. The fourth-order valence-corrected chi connectivity index (χ4v) is 1.69. The van der Waals surface area contributed by atoms with E-state index in [0.717, 1.165) is 0 Å². The first-order valence-corrected chi connectivity index (χ1v) is 4.54. The van der Waals surface area contributed by atoms with E-state index >= 15 is 0 Å². The lowest BCUT2D eigenvalue weighted by atomic mass is 10.0. The molecule has 5 nitrogen and oxygen atoms in total. The van der Waals surface area contributed by atoms with Crippen molar-refractivity contribution in [1.29, 1.82) is 0 Å². The maximum Gasteiger partial charge on any atom is 0.319 e. The lowest BCUT2D eigenvalue weighted by Crippen LogP contribution is -2.29. The lowest BCUT2D eigenvalue weighted by molar-refractivity contribution is -0.158. The molecule has 0 aromatic heterocycles. The number of hydrogen-bond acceptors (Lipinski definition) is 5. The Labute approximate surface area is 81.3 Å². The predicted octanol–water partition coefficient (Wildman–Crippen LogP) is 0.228. The van der Waals surface area contributed by atoms with Crippen LogP contribution in [0.5, 0.6) is 0 Å². The van der Waals surface area contributed by atoms with E-state index in [1.165, 1.54) is 0 Å². The second kappa shape index (κ2) is 3.03. The van der Waals surface area contributed by atoms with Crippen molar-refractivity contribution in [2.24, 2.45) is 5.92 Å². The van der Waals surface area contributed by atoms with Gasteiger partial charge in [-0.3, -0.25) is 9.59 Å². The molecule has 2 saturated heterocycles. The molecule has 2 unspecified atom stereocenters. The Bertz CT molecular complexity index is 283. The van der Waals surface area contributed by atoms with Gasteiger partial charge in [0.15, 0.2) is 5.79 Å². The molecule has 0 radical (unpaired) electrons. The van der Waals surface area contributed by atoms with Crippen molar-refractivity contribution in [2.75, 3.05) is 6.61 Å². The second-order valence-electron chi connectivity index (χ2n) is 3.97. The van der Waals surface area contributed by atoms with E-state index < -0.39 is 23.6 Å². The molecule has 0 saturated carbocycles. The molecule has 0 bridgehead atoms. The van der Waals surface area contributed by atoms with Crippen LogP contribution in [0.15, 0.2) is 0 Å². The number of hydrogen-bond donors (Lipinski definition) is 0. The van der Waals surface area contributed by atoms with Crippen LogP contribution in [0.3, 0.4) is 0 Å². The van der Waals surface area contributed by atoms with E-state index in [0.29, 0.717) is 6.61 Å². The Morgan fingerprint density at radius 2 is 2.07 bits per heavy atom. The van der Waals surface area contributed by atoms with E-state index in [9.17, 15) is 9.59 Å². The highest BCUT2D eigenvalue weighted by atomic mass is 16.7. The average molecular weight is 200 g/mol. The smallest absolute Gasteiger partial charge is 0.319 e. The van der Waals surface area contributed by atoms with Crippen LogP contribution in [0.1, 0.15) is 20.3 Å². The predicted molar refractivity (Wildman–Crippen MR) is 44.1 cm³/mol. The van der Waals surface area contributed by atoms with Gasteiger partial charge in [-0.1, -0.05) is 0 Å². The van der Waals surface area contributed by atoms with Gasteiger partial charge >= 0.3 is 11.9 Å². The molecule has 2 heterocycles. The Kier molecular flexibility index (Phi) is 2.08. The summed E-state index contributed by atoms with van der Waals surface area (Å²) in [7, 11) is 0. The van der Waals surface area contributed by atoms with Crippen LogP contribution in [0.4, 0.5) is 0 Å². The maximum absolute atomic E-state index is 11.2. The van der Waals surface area contributed by atoms with Crippen molar-refractivity contribution in [3.05, 3.63) is 0 Å². The zero-order valence-electron chi connectivity index (χ0n) is 8.11. The Hall–Kier alpha value is -0.940. The van der Waals surface area contributed by atoms with Crippen molar-refractivity contribution in [1.82, 2.24) is 0 Å². The van der Waals surface area contributed by atoms with Crippen molar-refractivity contribution in [3.63, 3.8) is 0 Å². The number of rotatable bonds is 1. The minimum absolute atomic E-state index is 0.100. The van der Waals surface area contributed by atoms with E-state index in [-0.39, 0.29) is 12.5 Å². The van der Waals surface area contributed by atoms with Gasteiger partial charge < -0.3 is 14.2 Å². The SMILES string of the molecule is CC1(C)OCC(C2CC(=O)OC2=O)O1. The number of carbonyl (C=O) groups is 2. The molecule has 78 valence electrons. The summed E-state index contributed by atoms with van der Waals surface area (Å²) in [4.78, 5) is 22.0. The van der Waals surface area contributed by atoms with Gasteiger partial charge in [0.1, 0.15) is 0 Å². The van der Waals surface area contributed by atoms with Gasteiger partial charge in [0.2, 0.25) is 0 Å². The molecule has 2 aliphatic heterocycles. The fourth-order valence-electron chi connectivity index (χ4n) is 1.69. The van der Waals surface area contributed by atoms with E-state index in [4.69, 9.17) is 9.47 Å². The second-order valence-corrected chi connectivity index (χ2v) is 3.97. The highest BCUT2D eigenvalue weighted by molar-refractivity contribution is 5.95. The van der Waals surface area contributed by atoms with Crippen LogP contribution < -0.4 is 0 Å². The molecule has 0 amide bonds. The molecule has 5 heteroatoms. The highest BCUT2D eigenvalue weighted by Gasteiger charge is 2.46. The summed E-state index contributed by atoms with van der Waals surface area (Å²) in [6, 6.07) is 0. The zero-order valence-corrected chi connectivity index (χ0v) is 8.11. The van der Waals surface area contributed by atoms with Crippen LogP contribution >= 0.6 is 0 Å². The van der Waals surface area contributed by atoms with Crippen molar-refractivity contribution < 1.29 is 23.8 Å². The third kappa shape index (κ3) is 1.65. The first-order chi connectivity index (χ1) is 6.48. The number of ether oxygens (including phenoxy) is 3. The monoisotopic (exact) mass is 200 g/mol. The van der Waals surface area contributed by atoms with Crippen molar-refractivity contribution >= 4 is 11.9 Å². The van der Waals surface area contributed by atoms with E-state index in [1.807, 2.05) is 0 Å². The van der Waals surface area contributed by atoms with Crippen LogP contribution in [0.2, 0.25) is 0 Å². The van der Waals surface area contributed by atoms with E-state index in [1.54, 1.807) is 13.8 Å². The third-order valence-electron chi connectivity index (χ3n) is 2.38. The molecular formula is C9H12O5. The summed E-state index contributed by atoms with van der Waals surface area (Å²) in [5.41, 5.74) is 0. The third-order valence-corrected chi connectivity index (χ3v) is 2.38. The van der Waals surface area contributed by atoms with Gasteiger partial charge in [-0.25, -0.2) is 0 Å². The number of carbonyl (C=O) groups excluding carboxylic acids is 2. The summed E-state index contributed by atoms with van der Waals surface area (Å²) in [6.07, 6.45) is -0.257. The Morgan fingerprint density at radius 3 is 2.50 bits per heavy atom. The number of esters is 2. The molecule has 0 aliphatic carbocycles. The van der Waals surface area contributed by atoms with Gasteiger partial charge in [-0.2, -0.15) is 0 Å². The molecule has 2 rings (SSSR count). The lowest BCUT2D eigenvalue weighted by Gasteiger charge is -2.18. The van der Waals surface area contributed by atoms with Gasteiger partial charge in [0.25, 0.3) is 0 Å². The van der Waals surface area contributed by atoms with Crippen LogP contribution in [-0.4, -0.2) is 30.4 Å². The van der Waals surface area contributed by atoms with Gasteiger partial charge in [-0.05, 0) is 13.8 Å². The molecule has 2 atom stereocenters. The minimum atomic E-state index is -0.670. The average Bonchev–Trinajstić information content (AvgIpc) is 2.55. The van der Waals surface area contributed by atoms with Crippen LogP contribution in [0.25, 0.3) is 0 Å². The molecule has 0 aromatic rings. The van der Waals surface area contributed by atoms with Crippen LogP contribution in [-0.2, 0) is 23.8 Å². The fraction of sp³-hybridized carbons (Fsp3) is 0.778.